The zero-order valence-electron chi connectivity index (χ0n) is 10.9. The average Bonchev–Trinajstić information content (AvgIpc) is 2.19. The van der Waals surface area contributed by atoms with Gasteiger partial charge in [0, 0.05) is 5.69 Å². The lowest BCUT2D eigenvalue weighted by atomic mass is 10.0. The number of anilines is 1. The van der Waals surface area contributed by atoms with Crippen LogP contribution >= 0.6 is 0 Å². The average molecular weight is 275 g/mol. The van der Waals surface area contributed by atoms with Crippen molar-refractivity contribution in [3.63, 3.8) is 0 Å². The maximum atomic E-state index is 12.4. The van der Waals surface area contributed by atoms with Gasteiger partial charge in [-0.05, 0) is 32.4 Å². The van der Waals surface area contributed by atoms with E-state index >= 15 is 0 Å². The molecule has 6 heteroatoms. The van der Waals surface area contributed by atoms with Crippen LogP contribution < -0.4 is 5.32 Å². The molecule has 1 aromatic rings. The number of nitrogens with one attached hydrogen (secondary N) is 1. The van der Waals surface area contributed by atoms with E-state index in [9.17, 15) is 23.1 Å². The Labute approximate surface area is 109 Å². The topological polar surface area (TPSA) is 49.3 Å². The Morgan fingerprint density at radius 1 is 1.32 bits per heavy atom. The predicted molar refractivity (Wildman–Crippen MR) is 65.8 cm³/mol. The fraction of sp³-hybridized carbons (Fsp3) is 0.462. The van der Waals surface area contributed by atoms with Gasteiger partial charge in [0.2, 0.25) is 5.91 Å². The van der Waals surface area contributed by atoms with Crippen molar-refractivity contribution in [1.82, 2.24) is 0 Å². The Balaban J connectivity index is 2.76. The van der Waals surface area contributed by atoms with Gasteiger partial charge in [0.1, 0.15) is 0 Å². The van der Waals surface area contributed by atoms with E-state index in [0.29, 0.717) is 12.6 Å². The minimum absolute atomic E-state index is 0.438. The lowest BCUT2D eigenvalue weighted by Crippen LogP contribution is -2.44. The monoisotopic (exact) mass is 275 g/mol. The fourth-order valence-corrected chi connectivity index (χ4v) is 1.56. The van der Waals surface area contributed by atoms with Gasteiger partial charge >= 0.3 is 6.18 Å². The number of benzene rings is 1. The summed E-state index contributed by atoms with van der Waals surface area (Å²) >= 11 is 0. The van der Waals surface area contributed by atoms with Crippen LogP contribution in [0.2, 0.25) is 0 Å². The predicted octanol–water partition coefficient (Wildman–Crippen LogP) is 2.95. The van der Waals surface area contributed by atoms with Gasteiger partial charge in [-0.2, -0.15) is 13.2 Å². The normalized spacial score (nSPS) is 14.9. The van der Waals surface area contributed by atoms with E-state index in [4.69, 9.17) is 0 Å². The van der Waals surface area contributed by atoms with E-state index < -0.39 is 24.1 Å². The number of hydrogen-bond acceptors (Lipinski definition) is 2. The molecular formula is C13H16F3NO2. The van der Waals surface area contributed by atoms with Crippen LogP contribution in [0.1, 0.15) is 24.5 Å². The van der Waals surface area contributed by atoms with Gasteiger partial charge < -0.3 is 10.4 Å². The fourth-order valence-electron chi connectivity index (χ4n) is 1.56. The van der Waals surface area contributed by atoms with E-state index in [1.54, 1.807) is 25.1 Å². The first-order chi connectivity index (χ1) is 8.53. The van der Waals surface area contributed by atoms with Gasteiger partial charge in [-0.1, -0.05) is 17.7 Å². The number of halogens is 3. The summed E-state index contributed by atoms with van der Waals surface area (Å²) in [7, 11) is 0. The van der Waals surface area contributed by atoms with Crippen LogP contribution in [0.25, 0.3) is 0 Å². The molecule has 0 aliphatic rings. The van der Waals surface area contributed by atoms with Crippen molar-refractivity contribution >= 4 is 11.6 Å². The zero-order valence-corrected chi connectivity index (χ0v) is 10.9. The summed E-state index contributed by atoms with van der Waals surface area (Å²) in [5.74, 6) is -0.880. The Morgan fingerprint density at radius 2 is 1.89 bits per heavy atom. The molecule has 0 aliphatic heterocycles. The number of hydrogen-bond donors (Lipinski definition) is 2. The van der Waals surface area contributed by atoms with Gasteiger partial charge in [0.15, 0.2) is 5.60 Å². The molecule has 0 radical (unpaired) electrons. The van der Waals surface area contributed by atoms with E-state index in [1.807, 2.05) is 6.92 Å². The molecule has 1 rings (SSSR count). The molecule has 1 aromatic carbocycles. The first kappa shape index (κ1) is 15.5. The highest BCUT2D eigenvalue weighted by Crippen LogP contribution is 2.32. The van der Waals surface area contributed by atoms with Crippen molar-refractivity contribution in [2.45, 2.75) is 39.0 Å². The van der Waals surface area contributed by atoms with E-state index in [2.05, 4.69) is 5.32 Å². The third-order valence-corrected chi connectivity index (χ3v) is 2.77. The molecule has 0 fully saturated rings. The number of aryl methyl sites for hydroxylation is 2. The number of carbonyl (C=O) groups is 1. The highest BCUT2D eigenvalue weighted by atomic mass is 19.4. The molecule has 0 bridgehead atoms. The summed E-state index contributed by atoms with van der Waals surface area (Å²) < 4.78 is 37.3. The molecular weight excluding hydrogens is 259 g/mol. The zero-order chi connectivity index (χ0) is 14.8. The molecule has 0 saturated carbocycles. The summed E-state index contributed by atoms with van der Waals surface area (Å²) in [5.41, 5.74) is -0.860. The molecule has 0 saturated heterocycles. The molecule has 0 spiro atoms. The molecule has 0 heterocycles. The molecule has 0 unspecified atom stereocenters. The lowest BCUT2D eigenvalue weighted by molar-refractivity contribution is -0.252. The lowest BCUT2D eigenvalue weighted by Gasteiger charge is -2.25. The number of aliphatic hydroxyl groups is 1. The largest absolute Gasteiger partial charge is 0.417 e. The SMILES string of the molecule is Cc1ccc(NC(=O)C[C@@](C)(O)C(F)(F)F)c(C)c1. The summed E-state index contributed by atoms with van der Waals surface area (Å²) in [5, 5.41) is 11.6. The minimum Gasteiger partial charge on any atom is -0.380 e. The molecule has 19 heavy (non-hydrogen) atoms. The summed E-state index contributed by atoms with van der Waals surface area (Å²) in [6, 6.07) is 5.16. The van der Waals surface area contributed by atoms with Gasteiger partial charge in [0.25, 0.3) is 0 Å². The summed E-state index contributed by atoms with van der Waals surface area (Å²) in [4.78, 5) is 11.5. The second kappa shape index (κ2) is 5.21. The van der Waals surface area contributed by atoms with Gasteiger partial charge in [-0.25, -0.2) is 0 Å². The van der Waals surface area contributed by atoms with Crippen LogP contribution in [0, 0.1) is 13.8 Å². The van der Waals surface area contributed by atoms with Gasteiger partial charge in [-0.15, -0.1) is 0 Å². The molecule has 2 N–H and O–H groups in total. The Bertz CT molecular complexity index is 481. The molecule has 0 aliphatic carbocycles. The smallest absolute Gasteiger partial charge is 0.380 e. The van der Waals surface area contributed by atoms with Crippen LogP contribution in [0.5, 0.6) is 0 Å². The van der Waals surface area contributed by atoms with Crippen molar-refractivity contribution in [2.75, 3.05) is 5.32 Å². The van der Waals surface area contributed by atoms with Crippen LogP contribution in [0.4, 0.5) is 18.9 Å². The third-order valence-electron chi connectivity index (χ3n) is 2.77. The quantitative estimate of drug-likeness (QED) is 0.891. The van der Waals surface area contributed by atoms with Crippen molar-refractivity contribution in [3.8, 4) is 0 Å². The van der Waals surface area contributed by atoms with Crippen molar-refractivity contribution < 1.29 is 23.1 Å². The number of carbonyl (C=O) groups excluding carboxylic acids is 1. The van der Waals surface area contributed by atoms with Gasteiger partial charge in [0.05, 0.1) is 6.42 Å². The van der Waals surface area contributed by atoms with Crippen molar-refractivity contribution in [1.29, 1.82) is 0 Å². The van der Waals surface area contributed by atoms with E-state index in [0.717, 1.165) is 11.1 Å². The van der Waals surface area contributed by atoms with Crippen LogP contribution in [-0.2, 0) is 4.79 Å². The van der Waals surface area contributed by atoms with E-state index in [1.165, 1.54) is 0 Å². The third kappa shape index (κ3) is 3.96. The second-order valence-corrected chi connectivity index (χ2v) is 4.81. The standard InChI is InChI=1S/C13H16F3NO2/c1-8-4-5-10(9(2)6-8)17-11(18)7-12(3,19)13(14,15)16/h4-6,19H,7H2,1-3H3,(H,17,18)/t12-/m1/s1. The van der Waals surface area contributed by atoms with E-state index in [-0.39, 0.29) is 0 Å². The van der Waals surface area contributed by atoms with Crippen LogP contribution in [0.15, 0.2) is 18.2 Å². The molecule has 0 aromatic heterocycles. The Hall–Kier alpha value is -1.56. The molecule has 1 atom stereocenters. The highest BCUT2D eigenvalue weighted by molar-refractivity contribution is 5.92. The van der Waals surface area contributed by atoms with Crippen molar-refractivity contribution in [3.05, 3.63) is 29.3 Å². The van der Waals surface area contributed by atoms with Crippen molar-refractivity contribution in [2.24, 2.45) is 0 Å². The number of alkyl halides is 3. The van der Waals surface area contributed by atoms with Crippen LogP contribution in [0.3, 0.4) is 0 Å². The first-order valence-corrected chi connectivity index (χ1v) is 5.69. The Kier molecular flexibility index (Phi) is 4.25. The molecule has 3 nitrogen and oxygen atoms in total. The molecule has 1 amide bonds. The number of rotatable bonds is 3. The summed E-state index contributed by atoms with van der Waals surface area (Å²) in [6.45, 7) is 4.19. The van der Waals surface area contributed by atoms with Gasteiger partial charge in [-0.3, -0.25) is 4.79 Å². The first-order valence-electron chi connectivity index (χ1n) is 5.69. The summed E-state index contributed by atoms with van der Waals surface area (Å²) in [6.07, 6.45) is -5.88. The Morgan fingerprint density at radius 3 is 2.37 bits per heavy atom. The highest BCUT2D eigenvalue weighted by Gasteiger charge is 2.50. The number of amides is 1. The second-order valence-electron chi connectivity index (χ2n) is 4.81. The minimum atomic E-state index is -4.84. The van der Waals surface area contributed by atoms with Crippen LogP contribution in [-0.4, -0.2) is 22.8 Å². The maximum absolute atomic E-state index is 12.4. The molecule has 106 valence electrons. The maximum Gasteiger partial charge on any atom is 0.417 e.